The summed E-state index contributed by atoms with van der Waals surface area (Å²) in [6, 6.07) is 0. The van der Waals surface area contributed by atoms with E-state index in [0.29, 0.717) is 32.8 Å². The highest BCUT2D eigenvalue weighted by Gasteiger charge is 2.30. The summed E-state index contributed by atoms with van der Waals surface area (Å²) in [5.41, 5.74) is 5.44. The molecule has 0 radical (unpaired) electrons. The quantitative estimate of drug-likeness (QED) is 0.503. The Hall–Kier alpha value is -0.650. The van der Waals surface area contributed by atoms with E-state index in [1.807, 2.05) is 6.92 Å². The van der Waals surface area contributed by atoms with Gasteiger partial charge in [-0.25, -0.2) is 4.79 Å². The van der Waals surface area contributed by atoms with E-state index in [4.69, 9.17) is 19.9 Å². The molecular weight excluding hydrogens is 198 g/mol. The highest BCUT2D eigenvalue weighted by Crippen LogP contribution is 2.19. The van der Waals surface area contributed by atoms with Crippen LogP contribution in [0.3, 0.4) is 0 Å². The van der Waals surface area contributed by atoms with Crippen LogP contribution in [-0.2, 0) is 19.0 Å². The van der Waals surface area contributed by atoms with Gasteiger partial charge in [0.15, 0.2) is 6.10 Å². The first kappa shape index (κ1) is 12.4. The van der Waals surface area contributed by atoms with Crippen LogP contribution in [0, 0.1) is 0 Å². The van der Waals surface area contributed by atoms with Crippen LogP contribution in [0.2, 0.25) is 0 Å². The molecule has 0 aromatic rings. The van der Waals surface area contributed by atoms with Gasteiger partial charge in [-0.3, -0.25) is 0 Å². The van der Waals surface area contributed by atoms with Crippen molar-refractivity contribution in [3.05, 3.63) is 0 Å². The second kappa shape index (κ2) is 6.76. The maximum atomic E-state index is 11.4. The molecule has 0 spiro atoms. The number of rotatable bonds is 6. The lowest BCUT2D eigenvalue weighted by Crippen LogP contribution is -2.27. The van der Waals surface area contributed by atoms with Gasteiger partial charge < -0.3 is 19.9 Å². The number of carbonyl (C=O) groups is 1. The van der Waals surface area contributed by atoms with Crippen molar-refractivity contribution >= 4 is 5.97 Å². The van der Waals surface area contributed by atoms with Gasteiger partial charge in [0, 0.05) is 13.2 Å². The normalized spacial score (nSPS) is 25.5. The lowest BCUT2D eigenvalue weighted by molar-refractivity contribution is -0.157. The summed E-state index contributed by atoms with van der Waals surface area (Å²) in [6.45, 7) is 3.72. The Bertz CT molecular complexity index is 198. The molecule has 2 unspecified atom stereocenters. The van der Waals surface area contributed by atoms with Gasteiger partial charge in [0.25, 0.3) is 0 Å². The predicted octanol–water partition coefficient (Wildman–Crippen LogP) is 0.0724. The SMILES string of the molecule is CCOCCOC(=O)C1CCC(CN)O1. The summed E-state index contributed by atoms with van der Waals surface area (Å²) in [5, 5.41) is 0. The number of carbonyl (C=O) groups excluding carboxylic acids is 1. The smallest absolute Gasteiger partial charge is 0.335 e. The third-order valence-corrected chi connectivity index (χ3v) is 2.31. The molecule has 5 heteroatoms. The van der Waals surface area contributed by atoms with Crippen LogP contribution >= 0.6 is 0 Å². The van der Waals surface area contributed by atoms with Crippen molar-refractivity contribution in [3.63, 3.8) is 0 Å². The van der Waals surface area contributed by atoms with Crippen LogP contribution in [-0.4, -0.2) is 44.5 Å². The topological polar surface area (TPSA) is 70.8 Å². The maximum absolute atomic E-state index is 11.4. The summed E-state index contributed by atoms with van der Waals surface area (Å²) in [7, 11) is 0. The van der Waals surface area contributed by atoms with Crippen molar-refractivity contribution in [2.75, 3.05) is 26.4 Å². The maximum Gasteiger partial charge on any atom is 0.335 e. The molecule has 2 atom stereocenters. The van der Waals surface area contributed by atoms with Gasteiger partial charge in [-0.1, -0.05) is 0 Å². The Kier molecular flexibility index (Phi) is 5.60. The highest BCUT2D eigenvalue weighted by molar-refractivity contribution is 5.74. The fourth-order valence-corrected chi connectivity index (χ4v) is 1.49. The summed E-state index contributed by atoms with van der Waals surface area (Å²) >= 11 is 0. The van der Waals surface area contributed by atoms with Gasteiger partial charge in [0.1, 0.15) is 6.61 Å². The average Bonchev–Trinajstić information content (AvgIpc) is 2.72. The van der Waals surface area contributed by atoms with E-state index >= 15 is 0 Å². The molecule has 1 aliphatic heterocycles. The molecule has 0 bridgehead atoms. The van der Waals surface area contributed by atoms with E-state index in [1.165, 1.54) is 0 Å². The summed E-state index contributed by atoms with van der Waals surface area (Å²) in [4.78, 5) is 11.4. The Labute approximate surface area is 89.9 Å². The molecule has 1 rings (SSSR count). The molecule has 0 aromatic carbocycles. The second-order valence-electron chi connectivity index (χ2n) is 3.42. The fraction of sp³-hybridized carbons (Fsp3) is 0.900. The third-order valence-electron chi connectivity index (χ3n) is 2.31. The standard InChI is InChI=1S/C10H19NO4/c1-2-13-5-6-14-10(12)9-4-3-8(7-11)15-9/h8-9H,2-7,11H2,1H3. The summed E-state index contributed by atoms with van der Waals surface area (Å²) in [5.74, 6) is -0.300. The van der Waals surface area contributed by atoms with E-state index < -0.39 is 6.10 Å². The number of nitrogens with two attached hydrogens (primary N) is 1. The van der Waals surface area contributed by atoms with Crippen LogP contribution in [0.1, 0.15) is 19.8 Å². The molecule has 0 saturated carbocycles. The molecule has 1 fully saturated rings. The molecular formula is C10H19NO4. The lowest BCUT2D eigenvalue weighted by Gasteiger charge is -2.11. The van der Waals surface area contributed by atoms with Crippen molar-refractivity contribution in [3.8, 4) is 0 Å². The van der Waals surface area contributed by atoms with Crippen molar-refractivity contribution < 1.29 is 19.0 Å². The molecule has 88 valence electrons. The van der Waals surface area contributed by atoms with Crippen LogP contribution in [0.4, 0.5) is 0 Å². The van der Waals surface area contributed by atoms with E-state index in [0.717, 1.165) is 6.42 Å². The Balaban J connectivity index is 2.12. The Morgan fingerprint density at radius 2 is 2.27 bits per heavy atom. The van der Waals surface area contributed by atoms with Crippen molar-refractivity contribution in [2.24, 2.45) is 5.73 Å². The van der Waals surface area contributed by atoms with E-state index in [9.17, 15) is 4.79 Å². The molecule has 15 heavy (non-hydrogen) atoms. The molecule has 1 aliphatic rings. The van der Waals surface area contributed by atoms with Crippen LogP contribution in [0.15, 0.2) is 0 Å². The molecule has 0 aromatic heterocycles. The zero-order valence-corrected chi connectivity index (χ0v) is 9.11. The van der Waals surface area contributed by atoms with Crippen LogP contribution < -0.4 is 5.73 Å². The van der Waals surface area contributed by atoms with Gasteiger partial charge in [-0.2, -0.15) is 0 Å². The first-order valence-electron chi connectivity index (χ1n) is 5.37. The molecule has 5 nitrogen and oxygen atoms in total. The minimum absolute atomic E-state index is 0.00874. The molecule has 0 aliphatic carbocycles. The average molecular weight is 217 g/mol. The zero-order valence-electron chi connectivity index (χ0n) is 9.11. The minimum Gasteiger partial charge on any atom is -0.461 e. The summed E-state index contributed by atoms with van der Waals surface area (Å²) < 4.78 is 15.4. The number of hydrogen-bond acceptors (Lipinski definition) is 5. The fourth-order valence-electron chi connectivity index (χ4n) is 1.49. The molecule has 0 amide bonds. The van der Waals surface area contributed by atoms with Crippen molar-refractivity contribution in [2.45, 2.75) is 32.0 Å². The molecule has 1 saturated heterocycles. The largest absolute Gasteiger partial charge is 0.461 e. The first-order valence-corrected chi connectivity index (χ1v) is 5.37. The summed E-state index contributed by atoms with van der Waals surface area (Å²) in [6.07, 6.45) is 1.12. The number of hydrogen-bond donors (Lipinski definition) is 1. The number of esters is 1. The Morgan fingerprint density at radius 3 is 2.87 bits per heavy atom. The third kappa shape index (κ3) is 4.15. The monoisotopic (exact) mass is 217 g/mol. The van der Waals surface area contributed by atoms with Gasteiger partial charge in [0.2, 0.25) is 0 Å². The van der Waals surface area contributed by atoms with E-state index in [1.54, 1.807) is 0 Å². The van der Waals surface area contributed by atoms with Gasteiger partial charge in [-0.05, 0) is 19.8 Å². The molecule has 2 N–H and O–H groups in total. The highest BCUT2D eigenvalue weighted by atomic mass is 16.6. The van der Waals surface area contributed by atoms with Gasteiger partial charge in [0.05, 0.1) is 12.7 Å². The predicted molar refractivity (Wildman–Crippen MR) is 54.4 cm³/mol. The van der Waals surface area contributed by atoms with E-state index in [-0.39, 0.29) is 12.1 Å². The molecule has 1 heterocycles. The van der Waals surface area contributed by atoms with Gasteiger partial charge in [-0.15, -0.1) is 0 Å². The number of ether oxygens (including phenoxy) is 3. The second-order valence-corrected chi connectivity index (χ2v) is 3.42. The van der Waals surface area contributed by atoms with Crippen LogP contribution in [0.5, 0.6) is 0 Å². The Morgan fingerprint density at radius 1 is 1.47 bits per heavy atom. The van der Waals surface area contributed by atoms with E-state index in [2.05, 4.69) is 0 Å². The minimum atomic E-state index is -0.430. The van der Waals surface area contributed by atoms with Crippen molar-refractivity contribution in [1.29, 1.82) is 0 Å². The van der Waals surface area contributed by atoms with Crippen molar-refractivity contribution in [1.82, 2.24) is 0 Å². The van der Waals surface area contributed by atoms with Crippen LogP contribution in [0.25, 0.3) is 0 Å². The van der Waals surface area contributed by atoms with Gasteiger partial charge >= 0.3 is 5.97 Å². The zero-order chi connectivity index (χ0) is 11.1. The first-order chi connectivity index (χ1) is 7.27. The lowest BCUT2D eigenvalue weighted by atomic mass is 10.2.